The summed E-state index contributed by atoms with van der Waals surface area (Å²) in [6.07, 6.45) is 16.1. The zero-order chi connectivity index (χ0) is 27.0. The summed E-state index contributed by atoms with van der Waals surface area (Å²) in [5, 5.41) is 0. The summed E-state index contributed by atoms with van der Waals surface area (Å²) in [7, 11) is 0. The van der Waals surface area contributed by atoms with E-state index in [0.29, 0.717) is 5.41 Å². The van der Waals surface area contributed by atoms with E-state index < -0.39 is 18.0 Å². The quantitative estimate of drug-likeness (QED) is 0.269. The van der Waals surface area contributed by atoms with Gasteiger partial charge in [-0.3, -0.25) is 9.59 Å². The maximum Gasteiger partial charge on any atom is 0.326 e. The zero-order valence-electron chi connectivity index (χ0n) is 24.4. The van der Waals surface area contributed by atoms with Gasteiger partial charge in [0, 0.05) is 13.3 Å². The molecule has 0 aliphatic heterocycles. The predicted molar refractivity (Wildman–Crippen MR) is 148 cm³/mol. The number of hydrogen-bond acceptors (Lipinski definition) is 5. The average Bonchev–Trinajstić information content (AvgIpc) is 3.19. The predicted octanol–water partition coefficient (Wildman–Crippen LogP) is 6.83. The summed E-state index contributed by atoms with van der Waals surface area (Å²) in [6, 6.07) is -0.916. The van der Waals surface area contributed by atoms with Gasteiger partial charge in [-0.05, 0) is 91.3 Å². The van der Waals surface area contributed by atoms with Crippen molar-refractivity contribution in [2.24, 2.45) is 52.1 Å². The molecule has 0 aromatic carbocycles. The van der Waals surface area contributed by atoms with Crippen LogP contribution in [0.3, 0.4) is 0 Å². The van der Waals surface area contributed by atoms with E-state index in [-0.39, 0.29) is 18.1 Å². The average molecular weight is 516 g/mol. The van der Waals surface area contributed by atoms with Crippen LogP contribution in [0, 0.1) is 46.3 Å². The molecule has 5 nitrogen and oxygen atoms in total. The van der Waals surface area contributed by atoms with E-state index in [1.807, 2.05) is 0 Å². The summed E-state index contributed by atoms with van der Waals surface area (Å²) in [5.41, 5.74) is 8.14. The lowest BCUT2D eigenvalue weighted by Crippen LogP contribution is -2.51. The van der Waals surface area contributed by atoms with Gasteiger partial charge in [0.1, 0.15) is 18.8 Å². The summed E-state index contributed by atoms with van der Waals surface area (Å²) >= 11 is 0. The highest BCUT2D eigenvalue weighted by atomic mass is 16.6. The van der Waals surface area contributed by atoms with Crippen molar-refractivity contribution in [1.82, 2.24) is 0 Å². The molecule has 4 aliphatic rings. The van der Waals surface area contributed by atoms with Crippen LogP contribution in [0.4, 0.5) is 0 Å². The van der Waals surface area contributed by atoms with Crippen LogP contribution in [0.1, 0.15) is 112 Å². The number of esters is 2. The Balaban J connectivity index is 1.39. The number of hydrogen-bond donors (Lipinski definition) is 1. The summed E-state index contributed by atoms with van der Waals surface area (Å²) in [5.74, 6) is 4.06. The van der Waals surface area contributed by atoms with E-state index in [0.717, 1.165) is 54.8 Å². The van der Waals surface area contributed by atoms with Crippen molar-refractivity contribution >= 4 is 11.9 Å². The van der Waals surface area contributed by atoms with Gasteiger partial charge in [0.05, 0.1) is 0 Å². The Labute approximate surface area is 225 Å². The Morgan fingerprint density at radius 2 is 1.81 bits per heavy atom. The SMILES string of the molecule is CC(=O)OCC(N)C(=O)O[C@H]1CC[C@@]2(C)C(=CCC3C2CC[C@@]2(C)C3CC[C@@H]2[C@H](C)CCCC(C)C)C1. The molecule has 0 heterocycles. The fourth-order valence-electron chi connectivity index (χ4n) is 9.28. The van der Waals surface area contributed by atoms with Gasteiger partial charge in [-0.25, -0.2) is 0 Å². The van der Waals surface area contributed by atoms with Gasteiger partial charge >= 0.3 is 11.9 Å². The van der Waals surface area contributed by atoms with Crippen molar-refractivity contribution in [3.05, 3.63) is 11.6 Å². The number of fused-ring (bicyclic) bond motifs is 5. The van der Waals surface area contributed by atoms with Gasteiger partial charge in [0.25, 0.3) is 0 Å². The van der Waals surface area contributed by atoms with Crippen molar-refractivity contribution < 1.29 is 19.1 Å². The third-order valence-electron chi connectivity index (χ3n) is 11.3. The minimum atomic E-state index is -0.916. The first kappa shape index (κ1) is 28.6. The molecule has 3 fully saturated rings. The Bertz CT molecular complexity index is 867. The number of allylic oxidation sites excluding steroid dienone is 1. The van der Waals surface area contributed by atoms with Crippen molar-refractivity contribution in [2.45, 2.75) is 124 Å². The molecule has 37 heavy (non-hydrogen) atoms. The zero-order valence-corrected chi connectivity index (χ0v) is 24.4. The Kier molecular flexibility index (Phi) is 8.83. The van der Waals surface area contributed by atoms with Crippen LogP contribution in [-0.4, -0.2) is 30.7 Å². The van der Waals surface area contributed by atoms with E-state index in [2.05, 4.69) is 40.7 Å². The molecule has 0 bridgehead atoms. The smallest absolute Gasteiger partial charge is 0.326 e. The molecular formula is C32H53NO4. The van der Waals surface area contributed by atoms with E-state index in [1.54, 1.807) is 0 Å². The third-order valence-corrected chi connectivity index (χ3v) is 11.3. The highest BCUT2D eigenvalue weighted by Gasteiger charge is 2.59. The van der Waals surface area contributed by atoms with Crippen LogP contribution in [0.25, 0.3) is 0 Å². The number of carbonyl (C=O) groups is 2. The van der Waals surface area contributed by atoms with Crippen LogP contribution < -0.4 is 5.73 Å². The minimum absolute atomic E-state index is 0.122. The fourth-order valence-corrected chi connectivity index (χ4v) is 9.28. The molecule has 0 aromatic rings. The van der Waals surface area contributed by atoms with E-state index in [9.17, 15) is 9.59 Å². The van der Waals surface area contributed by atoms with E-state index >= 15 is 0 Å². The molecule has 3 saturated carbocycles. The molecule has 5 heteroatoms. The Morgan fingerprint density at radius 1 is 1.05 bits per heavy atom. The highest BCUT2D eigenvalue weighted by molar-refractivity contribution is 5.76. The highest BCUT2D eigenvalue weighted by Crippen LogP contribution is 2.67. The van der Waals surface area contributed by atoms with Gasteiger partial charge in [-0.2, -0.15) is 0 Å². The Morgan fingerprint density at radius 3 is 2.51 bits per heavy atom. The first-order chi connectivity index (χ1) is 17.5. The van der Waals surface area contributed by atoms with Crippen molar-refractivity contribution in [3.63, 3.8) is 0 Å². The molecule has 2 N–H and O–H groups in total. The first-order valence-corrected chi connectivity index (χ1v) is 15.2. The molecule has 4 unspecified atom stereocenters. The van der Waals surface area contributed by atoms with Gasteiger partial charge in [0.2, 0.25) is 0 Å². The molecule has 4 aliphatic carbocycles. The first-order valence-electron chi connectivity index (χ1n) is 15.2. The van der Waals surface area contributed by atoms with Gasteiger partial charge in [0.15, 0.2) is 0 Å². The topological polar surface area (TPSA) is 78.6 Å². The molecule has 0 amide bonds. The lowest BCUT2D eigenvalue weighted by molar-refractivity contribution is -0.156. The largest absolute Gasteiger partial charge is 0.464 e. The molecule has 210 valence electrons. The third kappa shape index (κ3) is 5.82. The maximum absolute atomic E-state index is 12.5. The van der Waals surface area contributed by atoms with Crippen molar-refractivity contribution in [1.29, 1.82) is 0 Å². The summed E-state index contributed by atoms with van der Waals surface area (Å²) in [4.78, 5) is 23.5. The van der Waals surface area contributed by atoms with Crippen LogP contribution in [0.5, 0.6) is 0 Å². The molecule has 0 radical (unpaired) electrons. The standard InChI is InChI=1S/C32H53NO4/c1-20(2)8-7-9-21(3)26-12-13-27-25-11-10-23-18-24(37-30(35)29(33)19-36-22(4)34)14-16-31(23,5)28(25)15-17-32(26,27)6/h10,20-21,24-29H,7-9,11-19,33H2,1-6H3/t21-,24+,25?,26-,27?,28?,29?,31+,32-/m1/s1. The van der Waals surface area contributed by atoms with E-state index in [4.69, 9.17) is 15.2 Å². The molecule has 4 rings (SSSR count). The van der Waals surface area contributed by atoms with Crippen molar-refractivity contribution in [2.75, 3.05) is 6.61 Å². The van der Waals surface area contributed by atoms with E-state index in [1.165, 1.54) is 63.9 Å². The second-order valence-electron chi connectivity index (χ2n) is 14.0. The van der Waals surface area contributed by atoms with Gasteiger partial charge in [-0.15, -0.1) is 0 Å². The minimum Gasteiger partial charge on any atom is -0.464 e. The maximum atomic E-state index is 12.5. The Hall–Kier alpha value is -1.36. The van der Waals surface area contributed by atoms with Crippen LogP contribution in [0.2, 0.25) is 0 Å². The number of rotatable bonds is 9. The van der Waals surface area contributed by atoms with Crippen LogP contribution >= 0.6 is 0 Å². The molecule has 0 aromatic heterocycles. The van der Waals surface area contributed by atoms with Crippen LogP contribution in [-0.2, 0) is 19.1 Å². The lowest BCUT2D eigenvalue weighted by atomic mass is 9.47. The number of nitrogens with two attached hydrogens (primary N) is 1. The second-order valence-corrected chi connectivity index (χ2v) is 14.0. The summed E-state index contributed by atoms with van der Waals surface area (Å²) < 4.78 is 10.7. The number of carbonyl (C=O) groups excluding carboxylic acids is 2. The molecule has 9 atom stereocenters. The van der Waals surface area contributed by atoms with Crippen LogP contribution in [0.15, 0.2) is 11.6 Å². The molecule has 0 saturated heterocycles. The number of ether oxygens (including phenoxy) is 2. The lowest BCUT2D eigenvalue weighted by Gasteiger charge is -2.58. The summed E-state index contributed by atoms with van der Waals surface area (Å²) in [6.45, 7) is 13.6. The fraction of sp³-hybridized carbons (Fsp3) is 0.875. The normalized spacial score (nSPS) is 38.6. The van der Waals surface area contributed by atoms with Crippen molar-refractivity contribution in [3.8, 4) is 0 Å². The monoisotopic (exact) mass is 515 g/mol. The molecule has 0 spiro atoms. The molecular weight excluding hydrogens is 462 g/mol. The van der Waals surface area contributed by atoms with Gasteiger partial charge in [-0.1, -0.05) is 65.5 Å². The second kappa shape index (κ2) is 11.4. The van der Waals surface area contributed by atoms with Gasteiger partial charge < -0.3 is 15.2 Å².